The van der Waals surface area contributed by atoms with Gasteiger partial charge in [-0.2, -0.15) is 0 Å². The lowest BCUT2D eigenvalue weighted by Crippen LogP contribution is -2.74. The number of hydrogen-bond acceptors (Lipinski definition) is 14. The Labute approximate surface area is 287 Å². The van der Waals surface area contributed by atoms with E-state index < -0.39 is 100 Å². The predicted octanol–water partition coefficient (Wildman–Crippen LogP) is 3.82. The Balaban J connectivity index is 1.78. The first-order chi connectivity index (χ1) is 22.9. The van der Waals surface area contributed by atoms with Crippen molar-refractivity contribution in [2.45, 2.75) is 103 Å². The molecule has 3 fully saturated rings. The van der Waals surface area contributed by atoms with E-state index in [1.165, 1.54) is 39.8 Å². The van der Waals surface area contributed by atoms with Gasteiger partial charge in [0.1, 0.15) is 18.3 Å². The number of aliphatic hydroxyl groups is 1. The van der Waals surface area contributed by atoms with Gasteiger partial charge in [-0.1, -0.05) is 39.0 Å². The molecule has 0 radical (unpaired) electrons. The largest absolute Gasteiger partial charge is 0.509 e. The van der Waals surface area contributed by atoms with Crippen LogP contribution in [0.25, 0.3) is 0 Å². The third-order valence-electron chi connectivity index (χ3n) is 10.6. The number of carbonyl (C=O) groups excluding carboxylic acids is 6. The van der Waals surface area contributed by atoms with Crippen molar-refractivity contribution in [2.24, 2.45) is 16.7 Å². The van der Waals surface area contributed by atoms with Gasteiger partial charge in [-0.05, 0) is 37.1 Å². The lowest BCUT2D eigenvalue weighted by atomic mass is 9.49. The van der Waals surface area contributed by atoms with Crippen molar-refractivity contribution in [2.75, 3.05) is 6.61 Å². The van der Waals surface area contributed by atoms with Gasteiger partial charge in [0, 0.05) is 43.2 Å². The molecule has 2 bridgehead atoms. The van der Waals surface area contributed by atoms with Crippen LogP contribution in [0, 0.1) is 16.7 Å². The van der Waals surface area contributed by atoms with E-state index in [1.54, 1.807) is 32.0 Å². The zero-order chi connectivity index (χ0) is 36.2. The molecule has 1 spiro atoms. The molecule has 2 aliphatic heterocycles. The fourth-order valence-corrected chi connectivity index (χ4v) is 8.09. The molecule has 10 atom stereocenters. The van der Waals surface area contributed by atoms with Crippen molar-refractivity contribution >= 4 is 46.9 Å². The van der Waals surface area contributed by atoms with Gasteiger partial charge in [-0.25, -0.2) is 14.4 Å². The van der Waals surface area contributed by atoms with Crippen LogP contribution in [0.15, 0.2) is 41.5 Å². The number of esters is 3. The molecule has 1 aromatic rings. The first kappa shape index (κ1) is 36.3. The molecule has 266 valence electrons. The topological polar surface area (TPSA) is 187 Å². The van der Waals surface area contributed by atoms with Crippen LogP contribution in [0.2, 0.25) is 0 Å². The minimum Gasteiger partial charge on any atom is -0.457 e. The number of Topliss-reactive ketones (excluding diaryl/α,β-unsaturated/α-hetero) is 1. The zero-order valence-corrected chi connectivity index (χ0v) is 28.8. The summed E-state index contributed by atoms with van der Waals surface area (Å²) in [4.78, 5) is 79.1. The Hall–Kier alpha value is -4.01. The molecule has 0 amide bonds. The van der Waals surface area contributed by atoms with Crippen molar-refractivity contribution < 1.29 is 67.0 Å². The SMILES string of the molecule is CC(=O)O[C@H]1C(=O)[C@](C)([C@H](C[C@H]2OC[C@@H]2OC(C)=O)OC(=O)Cl)[C@@H](C)[C@H](OC(=O)c2ccccc2)[C@]23OC(=O)O[C@H]2[C@H](O)C(C)=C1C3(C)C. The number of ether oxygens (including phenoxy) is 7. The number of ketones is 1. The molecule has 2 aliphatic carbocycles. The lowest BCUT2D eigenvalue weighted by Gasteiger charge is -2.59. The van der Waals surface area contributed by atoms with Crippen LogP contribution in [0.5, 0.6) is 0 Å². The number of hydrogen-bond donors (Lipinski definition) is 1. The van der Waals surface area contributed by atoms with Gasteiger partial charge in [-0.15, -0.1) is 0 Å². The third-order valence-corrected chi connectivity index (χ3v) is 10.7. The number of halogens is 1. The quantitative estimate of drug-likeness (QED) is 0.178. The van der Waals surface area contributed by atoms with Crippen molar-refractivity contribution in [1.82, 2.24) is 0 Å². The maximum atomic E-state index is 15.2. The van der Waals surface area contributed by atoms with Gasteiger partial charge in [0.05, 0.1) is 17.6 Å². The minimum atomic E-state index is -2.04. The van der Waals surface area contributed by atoms with Crippen LogP contribution in [-0.4, -0.2) is 95.3 Å². The Morgan fingerprint density at radius 2 is 1.65 bits per heavy atom. The highest BCUT2D eigenvalue weighted by Gasteiger charge is 2.77. The Morgan fingerprint density at radius 1 is 1.02 bits per heavy atom. The normalized spacial score (nSPS) is 35.2. The summed E-state index contributed by atoms with van der Waals surface area (Å²) in [5, 5.41) is 11.7. The van der Waals surface area contributed by atoms with Crippen molar-refractivity contribution in [3.8, 4) is 0 Å². The van der Waals surface area contributed by atoms with E-state index >= 15 is 4.79 Å². The standard InChI is InChI=1S/C34H39ClO14/c1-15-23-25(45-18(4)37)26(39)33(7,22(46-30(35)41)13-20-21(14-43-20)44-17(3)36)16(2)27(47-29(40)19-11-9-8-10-12-19)34(32(23,5)6)28(24(15)38)48-31(42)49-34/h8-12,16,20-22,24-25,27-28,38H,13-14H2,1-7H3/t16-,20+,21-,22-,24+,25+,27-,28-,33-,34-/m0/s1. The van der Waals surface area contributed by atoms with Crippen LogP contribution in [0.3, 0.4) is 0 Å². The van der Waals surface area contributed by atoms with Crippen molar-refractivity contribution in [3.05, 3.63) is 47.0 Å². The molecule has 49 heavy (non-hydrogen) atoms. The molecule has 1 saturated carbocycles. The van der Waals surface area contributed by atoms with Gasteiger partial charge in [-0.3, -0.25) is 14.4 Å². The molecule has 5 rings (SSSR count). The summed E-state index contributed by atoms with van der Waals surface area (Å²) < 4.78 is 40.2. The average molecular weight is 707 g/mol. The highest BCUT2D eigenvalue weighted by atomic mass is 35.5. The molecule has 15 heteroatoms. The lowest BCUT2D eigenvalue weighted by molar-refractivity contribution is -0.223. The van der Waals surface area contributed by atoms with Gasteiger partial charge in [0.15, 0.2) is 30.2 Å². The van der Waals surface area contributed by atoms with Crippen LogP contribution < -0.4 is 0 Å². The average Bonchev–Trinajstić information content (AvgIpc) is 3.39. The van der Waals surface area contributed by atoms with E-state index in [9.17, 15) is 29.1 Å². The van der Waals surface area contributed by atoms with Crippen molar-refractivity contribution in [1.29, 1.82) is 0 Å². The minimum absolute atomic E-state index is 0.0373. The summed E-state index contributed by atoms with van der Waals surface area (Å²) >= 11 is 5.80. The molecule has 14 nitrogen and oxygen atoms in total. The van der Waals surface area contributed by atoms with Gasteiger partial charge < -0.3 is 38.3 Å². The third kappa shape index (κ3) is 5.87. The first-order valence-corrected chi connectivity index (χ1v) is 16.2. The second kappa shape index (κ2) is 13.0. The number of carbonyl (C=O) groups is 6. The van der Waals surface area contributed by atoms with Crippen molar-refractivity contribution in [3.63, 3.8) is 0 Å². The van der Waals surface area contributed by atoms with Crippen LogP contribution in [-0.2, 0) is 47.5 Å². The maximum absolute atomic E-state index is 15.2. The van der Waals surface area contributed by atoms with Crippen LogP contribution >= 0.6 is 11.6 Å². The second-order valence-electron chi connectivity index (χ2n) is 13.6. The highest BCUT2D eigenvalue weighted by Crippen LogP contribution is 2.62. The molecule has 2 saturated heterocycles. The molecule has 0 aromatic heterocycles. The fraction of sp³-hybridized carbons (Fsp3) is 0.588. The van der Waals surface area contributed by atoms with Gasteiger partial charge in [0.25, 0.3) is 0 Å². The van der Waals surface area contributed by atoms with E-state index in [1.807, 2.05) is 0 Å². The maximum Gasteiger partial charge on any atom is 0.509 e. The van der Waals surface area contributed by atoms with E-state index in [0.717, 1.165) is 6.92 Å². The van der Waals surface area contributed by atoms with E-state index in [0.29, 0.717) is 0 Å². The molecule has 1 aromatic carbocycles. The Kier molecular flexibility index (Phi) is 9.65. The van der Waals surface area contributed by atoms with Gasteiger partial charge >= 0.3 is 29.5 Å². The van der Waals surface area contributed by atoms with Crippen LogP contribution in [0.1, 0.15) is 65.2 Å². The molecule has 4 aliphatic rings. The first-order valence-electron chi connectivity index (χ1n) is 15.8. The number of benzene rings is 1. The molecule has 2 heterocycles. The second-order valence-corrected chi connectivity index (χ2v) is 13.9. The summed E-state index contributed by atoms with van der Waals surface area (Å²) in [6.45, 7) is 10.0. The Morgan fingerprint density at radius 3 is 2.20 bits per heavy atom. The summed E-state index contributed by atoms with van der Waals surface area (Å²) in [5.41, 5.74) is -6.46. The van der Waals surface area contributed by atoms with E-state index in [-0.39, 0.29) is 29.7 Å². The molecular formula is C34H39ClO14. The smallest absolute Gasteiger partial charge is 0.457 e. The summed E-state index contributed by atoms with van der Waals surface area (Å²) in [6, 6.07) is 7.92. The zero-order valence-electron chi connectivity index (χ0n) is 28.1. The molecular weight excluding hydrogens is 668 g/mol. The van der Waals surface area contributed by atoms with Crippen LogP contribution in [0.4, 0.5) is 9.59 Å². The monoisotopic (exact) mass is 706 g/mol. The van der Waals surface area contributed by atoms with Gasteiger partial charge in [0.2, 0.25) is 5.60 Å². The molecule has 0 unspecified atom stereocenters. The fourth-order valence-electron chi connectivity index (χ4n) is 7.99. The number of aliphatic hydroxyl groups excluding tert-OH is 1. The predicted molar refractivity (Wildman–Crippen MR) is 166 cm³/mol. The summed E-state index contributed by atoms with van der Waals surface area (Å²) in [5.74, 6) is -4.36. The van der Waals surface area contributed by atoms with E-state index in [2.05, 4.69) is 0 Å². The summed E-state index contributed by atoms with van der Waals surface area (Å²) in [7, 11) is 0. The molecule has 1 N–H and O–H groups in total. The Bertz CT molecular complexity index is 1590. The number of rotatable bonds is 8. The number of fused-ring (bicyclic) bond motifs is 1. The highest BCUT2D eigenvalue weighted by molar-refractivity contribution is 6.61. The van der Waals surface area contributed by atoms with E-state index in [4.69, 9.17) is 44.8 Å². The summed E-state index contributed by atoms with van der Waals surface area (Å²) in [6.07, 6.45) is -10.9.